The Balaban J connectivity index is 1.22. The standard InChI is InChI=1S/C53H87F2N7O10S/c1-14-43-53(10,67)46(63)33(6)61(12)27-29(2)23-51(8,66)48(31(4)45(32(5)49(65)71-43)41-24-52(9,68-13)47(64)34(7)70-41)72-44-22-37(19-30(3)69-44)60(11)18-17-36-28-62(59-58-36)38(25-54)20-35-15-16-39(40(55)21-35)42-26-57-50(56)73-42/h15-16,21,26,28-34,37-38,41,43-48,58-59,63-64,66-67H,14,17-20,22-25,27H2,1-13H3,(H2,56,57)/t29-,30-,31+,32-,33-,34+,37+,38+,41?,43-,44+,45+,46-,47+,48-,51-,52-,53-/m1/s1. The van der Waals surface area contributed by atoms with Crippen molar-refractivity contribution in [2.45, 2.75) is 198 Å². The quantitative estimate of drug-likeness (QED) is 0.115. The number of carbonyl (C=O) groups excluding carboxylic acids is 1. The molecular formula is C53H87F2N7O10S. The van der Waals surface area contributed by atoms with Crippen molar-refractivity contribution in [3.63, 3.8) is 0 Å². The third-order valence-corrected chi connectivity index (χ3v) is 17.5. The minimum atomic E-state index is -1.80. The van der Waals surface area contributed by atoms with Crippen LogP contribution in [0.5, 0.6) is 0 Å². The number of nitrogens with one attached hydrogen (secondary N) is 2. The van der Waals surface area contributed by atoms with Gasteiger partial charge < -0.3 is 65.1 Å². The minimum absolute atomic E-state index is 0.00979. The number of benzene rings is 1. The molecule has 4 aliphatic rings. The number of halogens is 2. The molecule has 5 heterocycles. The third kappa shape index (κ3) is 13.7. The van der Waals surface area contributed by atoms with Gasteiger partial charge in [-0.05, 0) is 105 Å². The van der Waals surface area contributed by atoms with Gasteiger partial charge in [0.1, 0.15) is 36.4 Å². The van der Waals surface area contributed by atoms with Crippen molar-refractivity contribution in [1.82, 2.24) is 30.8 Å². The number of aromatic nitrogens is 1. The molecule has 0 spiro atoms. The molecule has 73 heavy (non-hydrogen) atoms. The number of alkyl halides is 1. The van der Waals surface area contributed by atoms with Crippen LogP contribution in [0.25, 0.3) is 10.4 Å². The van der Waals surface area contributed by atoms with Gasteiger partial charge in [-0.1, -0.05) is 51.2 Å². The number of cyclic esters (lactones) is 1. The average molecular weight is 1050 g/mol. The molecule has 3 fully saturated rings. The van der Waals surface area contributed by atoms with Gasteiger partial charge >= 0.3 is 5.97 Å². The first-order valence-corrected chi connectivity index (χ1v) is 27.0. The predicted octanol–water partition coefficient (Wildman–Crippen LogP) is 5.56. The highest BCUT2D eigenvalue weighted by atomic mass is 32.1. The maximum Gasteiger partial charge on any atom is 0.309 e. The number of rotatable bonds is 14. The molecule has 0 aliphatic carbocycles. The van der Waals surface area contributed by atoms with Crippen molar-refractivity contribution in [2.75, 3.05) is 46.7 Å². The summed E-state index contributed by atoms with van der Waals surface area (Å²) in [5.74, 6) is -3.29. The molecule has 414 valence electrons. The molecule has 6 rings (SSSR count). The molecule has 0 radical (unpaired) electrons. The summed E-state index contributed by atoms with van der Waals surface area (Å²) in [5, 5.41) is 49.9. The van der Waals surface area contributed by atoms with E-state index >= 15 is 4.39 Å². The fraction of sp³-hybridized carbons (Fsp3) is 0.774. The number of anilines is 1. The number of hydrogen-bond acceptors (Lipinski definition) is 18. The molecule has 20 heteroatoms. The lowest BCUT2D eigenvalue weighted by Crippen LogP contribution is -2.61. The molecule has 17 nitrogen and oxygen atoms in total. The number of likely N-dealkylation sites (N-methyl/N-ethyl adjacent to an activating group) is 1. The number of nitrogens with two attached hydrogens (primary N) is 1. The van der Waals surface area contributed by atoms with Gasteiger partial charge in [-0.15, -0.1) is 5.53 Å². The zero-order chi connectivity index (χ0) is 53.9. The Morgan fingerprint density at radius 2 is 1.78 bits per heavy atom. The number of carbonyl (C=O) groups is 1. The molecule has 18 atom stereocenters. The van der Waals surface area contributed by atoms with Gasteiger partial charge in [0, 0.05) is 81.1 Å². The minimum Gasteiger partial charge on any atom is -0.459 e. The number of hydrogen-bond donors (Lipinski definition) is 7. The van der Waals surface area contributed by atoms with Crippen LogP contribution in [0, 0.1) is 29.5 Å². The van der Waals surface area contributed by atoms with E-state index in [0.717, 1.165) is 5.70 Å². The molecule has 1 aromatic carbocycles. The Morgan fingerprint density at radius 3 is 2.41 bits per heavy atom. The number of aliphatic hydroxyl groups excluding tert-OH is 2. The second kappa shape index (κ2) is 24.5. The molecule has 2 aromatic rings. The molecule has 1 aromatic heterocycles. The van der Waals surface area contributed by atoms with E-state index in [1.165, 1.54) is 24.3 Å². The molecule has 3 saturated heterocycles. The fourth-order valence-corrected chi connectivity index (χ4v) is 12.8. The van der Waals surface area contributed by atoms with Gasteiger partial charge in [0.05, 0.1) is 52.5 Å². The number of ether oxygens (including phenoxy) is 5. The number of nitrogen functional groups attached to an aromatic ring is 1. The summed E-state index contributed by atoms with van der Waals surface area (Å²) in [6, 6.07) is 3.77. The van der Waals surface area contributed by atoms with Crippen LogP contribution in [0.4, 0.5) is 13.9 Å². The van der Waals surface area contributed by atoms with E-state index in [-0.39, 0.29) is 43.7 Å². The number of methoxy groups -OCH3 is 1. The summed E-state index contributed by atoms with van der Waals surface area (Å²) in [4.78, 5) is 23.5. The van der Waals surface area contributed by atoms with E-state index in [0.29, 0.717) is 53.5 Å². The number of hydrazine groups is 2. The Hall–Kier alpha value is -3.12. The van der Waals surface area contributed by atoms with Crippen LogP contribution in [-0.4, -0.2) is 171 Å². The van der Waals surface area contributed by atoms with Gasteiger partial charge in [0.15, 0.2) is 11.4 Å². The normalized spacial score (nSPS) is 39.1. The number of esters is 1. The van der Waals surface area contributed by atoms with Crippen LogP contribution >= 0.6 is 11.3 Å². The Morgan fingerprint density at radius 1 is 1.07 bits per heavy atom. The first kappa shape index (κ1) is 59.1. The second-order valence-corrected chi connectivity index (χ2v) is 23.7. The molecule has 0 saturated carbocycles. The second-order valence-electron chi connectivity index (χ2n) is 22.6. The van der Waals surface area contributed by atoms with E-state index < -0.39 is 108 Å². The first-order chi connectivity index (χ1) is 34.2. The highest BCUT2D eigenvalue weighted by molar-refractivity contribution is 7.18. The number of nitrogens with zero attached hydrogens (tertiary/aromatic N) is 4. The summed E-state index contributed by atoms with van der Waals surface area (Å²) < 4.78 is 62.3. The van der Waals surface area contributed by atoms with Gasteiger partial charge in [-0.25, -0.2) is 13.8 Å². The molecule has 4 aliphatic heterocycles. The van der Waals surface area contributed by atoms with Crippen LogP contribution in [0.2, 0.25) is 0 Å². The fourth-order valence-electron chi connectivity index (χ4n) is 12.1. The largest absolute Gasteiger partial charge is 0.459 e. The van der Waals surface area contributed by atoms with Crippen LogP contribution in [-0.2, 0) is 34.9 Å². The van der Waals surface area contributed by atoms with Crippen molar-refractivity contribution in [3.8, 4) is 10.4 Å². The van der Waals surface area contributed by atoms with E-state index in [9.17, 15) is 29.6 Å². The molecule has 0 amide bonds. The van der Waals surface area contributed by atoms with Crippen LogP contribution < -0.4 is 16.7 Å². The van der Waals surface area contributed by atoms with E-state index in [4.69, 9.17) is 29.4 Å². The molecule has 8 N–H and O–H groups in total. The smallest absolute Gasteiger partial charge is 0.309 e. The van der Waals surface area contributed by atoms with Gasteiger partial charge in [0.2, 0.25) is 0 Å². The lowest BCUT2D eigenvalue weighted by molar-refractivity contribution is -0.275. The highest BCUT2D eigenvalue weighted by Crippen LogP contribution is 2.45. The van der Waals surface area contributed by atoms with Crippen LogP contribution in [0.15, 0.2) is 36.3 Å². The molecule has 1 unspecified atom stereocenters. The predicted molar refractivity (Wildman–Crippen MR) is 277 cm³/mol. The zero-order valence-electron chi connectivity index (χ0n) is 45.4. The number of aliphatic hydroxyl groups is 4. The van der Waals surface area contributed by atoms with E-state index in [2.05, 4.69) is 27.9 Å². The monoisotopic (exact) mass is 1050 g/mol. The Bertz CT molecular complexity index is 2160. The van der Waals surface area contributed by atoms with E-state index in [1.54, 1.807) is 58.1 Å². The highest BCUT2D eigenvalue weighted by Gasteiger charge is 2.54. The van der Waals surface area contributed by atoms with E-state index in [1.807, 2.05) is 52.8 Å². The zero-order valence-corrected chi connectivity index (χ0v) is 46.2. The van der Waals surface area contributed by atoms with Gasteiger partial charge in [0.25, 0.3) is 0 Å². The van der Waals surface area contributed by atoms with Crippen LogP contribution in [0.1, 0.15) is 113 Å². The van der Waals surface area contributed by atoms with Crippen molar-refractivity contribution >= 4 is 22.4 Å². The summed E-state index contributed by atoms with van der Waals surface area (Å²) in [5.41, 5.74) is 9.60. The summed E-state index contributed by atoms with van der Waals surface area (Å²) in [7, 11) is 5.46. The van der Waals surface area contributed by atoms with Crippen molar-refractivity contribution in [3.05, 3.63) is 47.7 Å². The SMILES string of the molecule is CC[C@H]1OC(=O)[C@H](C)[C@@H](C2C[C@@](C)(OC)[C@@H](O)[C@H](C)O2)[C@H](C)[C@@H](O[C@H]2C[C@@H](N(C)CCC3=CN([C@H](CF)Cc4ccc(-c5cnc(N)s5)c(F)c4)NN3)C[C@@H](C)O2)[C@](C)(O)C[C@@H](C)CN(C)[C@H](C)[C@@H](O)[C@]1(C)O. The maximum atomic E-state index is 15.2. The summed E-state index contributed by atoms with van der Waals surface area (Å²) in [6.45, 7) is 18.7. The summed E-state index contributed by atoms with van der Waals surface area (Å²) in [6.07, 6.45) is -0.340. The van der Waals surface area contributed by atoms with Crippen LogP contribution in [0.3, 0.4) is 0 Å². The van der Waals surface area contributed by atoms with Crippen molar-refractivity contribution < 1.29 is 57.7 Å². The van der Waals surface area contributed by atoms with Gasteiger partial charge in [-0.2, -0.15) is 0 Å². The molecule has 0 bridgehead atoms. The summed E-state index contributed by atoms with van der Waals surface area (Å²) >= 11 is 1.20. The Kier molecular flexibility index (Phi) is 19.8. The lowest BCUT2D eigenvalue weighted by atomic mass is 9.68. The molecular weight excluding hydrogens is 965 g/mol. The Labute approximate surface area is 436 Å². The topological polar surface area (TPSA) is 217 Å². The van der Waals surface area contributed by atoms with Crippen molar-refractivity contribution in [1.29, 1.82) is 0 Å². The van der Waals surface area contributed by atoms with Gasteiger partial charge in [-0.3, -0.25) is 9.80 Å². The van der Waals surface area contributed by atoms with Crippen molar-refractivity contribution in [2.24, 2.45) is 23.7 Å². The third-order valence-electron chi connectivity index (χ3n) is 16.6. The first-order valence-electron chi connectivity index (χ1n) is 26.2. The average Bonchev–Trinajstić information content (AvgIpc) is 4.00. The maximum absolute atomic E-state index is 15.2. The lowest BCUT2D eigenvalue weighted by Gasteiger charge is -2.51. The number of thiazole rings is 1.